The van der Waals surface area contributed by atoms with Gasteiger partial charge in [0.2, 0.25) is 0 Å². The standard InChI is InChI=1S/C14H14N2OS2/c17-16-12-8-5-6-9(7-8)13(12)19-14-15-10-3-1-2-4-11(10)18-14/h1-4,8-9,13,17H,5-7H2. The van der Waals surface area contributed by atoms with Crippen molar-refractivity contribution >= 4 is 39.0 Å². The fraction of sp³-hybridized carbons (Fsp3) is 0.429. The number of fused-ring (bicyclic) bond motifs is 3. The van der Waals surface area contributed by atoms with Crippen LogP contribution in [0.1, 0.15) is 19.3 Å². The Balaban J connectivity index is 1.64. The van der Waals surface area contributed by atoms with Gasteiger partial charge in [0, 0.05) is 5.92 Å². The zero-order valence-electron chi connectivity index (χ0n) is 10.3. The molecule has 0 spiro atoms. The number of thioether (sulfide) groups is 1. The molecule has 1 aromatic heterocycles. The summed E-state index contributed by atoms with van der Waals surface area (Å²) >= 11 is 3.53. The van der Waals surface area contributed by atoms with Crippen LogP contribution >= 0.6 is 23.1 Å². The van der Waals surface area contributed by atoms with Gasteiger partial charge in [0.1, 0.15) is 0 Å². The number of oxime groups is 1. The van der Waals surface area contributed by atoms with Gasteiger partial charge in [-0.2, -0.15) is 0 Å². The summed E-state index contributed by atoms with van der Waals surface area (Å²) in [5.41, 5.74) is 2.07. The minimum atomic E-state index is 0.337. The molecule has 0 amide bonds. The van der Waals surface area contributed by atoms with Crippen molar-refractivity contribution in [1.29, 1.82) is 0 Å². The molecule has 0 saturated heterocycles. The normalized spacial score (nSPS) is 31.6. The molecule has 4 rings (SSSR count). The molecule has 2 aliphatic rings. The molecule has 19 heavy (non-hydrogen) atoms. The third kappa shape index (κ3) is 1.87. The average Bonchev–Trinajstić information content (AvgIpc) is 3.11. The molecule has 2 saturated carbocycles. The van der Waals surface area contributed by atoms with E-state index in [4.69, 9.17) is 0 Å². The van der Waals surface area contributed by atoms with E-state index >= 15 is 0 Å². The molecule has 3 unspecified atom stereocenters. The molecule has 1 aromatic carbocycles. The Morgan fingerprint density at radius 3 is 3.05 bits per heavy atom. The van der Waals surface area contributed by atoms with E-state index in [1.54, 1.807) is 23.1 Å². The zero-order valence-corrected chi connectivity index (χ0v) is 12.0. The minimum absolute atomic E-state index is 0.337. The van der Waals surface area contributed by atoms with Crippen LogP contribution in [0.4, 0.5) is 0 Å². The Morgan fingerprint density at radius 1 is 1.32 bits per heavy atom. The Hall–Kier alpha value is -1.07. The molecule has 1 N–H and O–H groups in total. The van der Waals surface area contributed by atoms with Crippen LogP contribution in [-0.4, -0.2) is 21.2 Å². The predicted molar refractivity (Wildman–Crippen MR) is 79.3 cm³/mol. The van der Waals surface area contributed by atoms with Crippen LogP contribution in [0.15, 0.2) is 33.8 Å². The highest BCUT2D eigenvalue weighted by molar-refractivity contribution is 8.02. The first-order chi connectivity index (χ1) is 9.35. The maximum Gasteiger partial charge on any atom is 0.151 e. The number of hydrogen-bond donors (Lipinski definition) is 1. The zero-order chi connectivity index (χ0) is 12.8. The second-order valence-corrected chi connectivity index (χ2v) is 7.70. The molecule has 2 fully saturated rings. The molecule has 98 valence electrons. The maximum absolute atomic E-state index is 9.23. The van der Waals surface area contributed by atoms with E-state index in [0.29, 0.717) is 17.1 Å². The highest BCUT2D eigenvalue weighted by atomic mass is 32.2. The number of rotatable bonds is 2. The number of para-hydroxylation sites is 1. The van der Waals surface area contributed by atoms with Gasteiger partial charge in [-0.25, -0.2) is 4.98 Å². The van der Waals surface area contributed by atoms with Crippen LogP contribution in [0, 0.1) is 11.8 Å². The molecule has 2 bridgehead atoms. The first-order valence-electron chi connectivity index (χ1n) is 6.59. The summed E-state index contributed by atoms with van der Waals surface area (Å²) in [4.78, 5) is 4.67. The van der Waals surface area contributed by atoms with Crippen LogP contribution in [0.25, 0.3) is 10.2 Å². The van der Waals surface area contributed by atoms with E-state index in [0.717, 1.165) is 15.6 Å². The second kappa shape index (κ2) is 4.49. The molecular weight excluding hydrogens is 276 g/mol. The van der Waals surface area contributed by atoms with Crippen LogP contribution in [0.5, 0.6) is 0 Å². The molecule has 1 heterocycles. The van der Waals surface area contributed by atoms with Crippen molar-refractivity contribution in [1.82, 2.24) is 4.98 Å². The van der Waals surface area contributed by atoms with E-state index in [2.05, 4.69) is 22.3 Å². The Labute approximate surface area is 119 Å². The lowest BCUT2D eigenvalue weighted by atomic mass is 9.98. The van der Waals surface area contributed by atoms with Gasteiger partial charge in [0.05, 0.1) is 21.2 Å². The van der Waals surface area contributed by atoms with E-state index in [1.807, 2.05) is 12.1 Å². The van der Waals surface area contributed by atoms with Crippen molar-refractivity contribution in [2.75, 3.05) is 0 Å². The quantitative estimate of drug-likeness (QED) is 0.671. The van der Waals surface area contributed by atoms with Crippen molar-refractivity contribution in [3.8, 4) is 0 Å². The maximum atomic E-state index is 9.23. The van der Waals surface area contributed by atoms with E-state index in [9.17, 15) is 5.21 Å². The van der Waals surface area contributed by atoms with E-state index < -0.39 is 0 Å². The summed E-state index contributed by atoms with van der Waals surface area (Å²) in [5, 5.41) is 13.1. The summed E-state index contributed by atoms with van der Waals surface area (Å²) in [6.45, 7) is 0. The monoisotopic (exact) mass is 290 g/mol. The van der Waals surface area contributed by atoms with Gasteiger partial charge >= 0.3 is 0 Å². The average molecular weight is 290 g/mol. The Kier molecular flexibility index (Phi) is 2.77. The SMILES string of the molecule is ON=C1C2CCC(C2)C1Sc1nc2ccccc2s1. The number of aromatic nitrogens is 1. The third-order valence-electron chi connectivity index (χ3n) is 4.23. The second-order valence-electron chi connectivity index (χ2n) is 5.28. The summed E-state index contributed by atoms with van der Waals surface area (Å²) < 4.78 is 2.33. The fourth-order valence-corrected chi connectivity index (χ4v) is 5.98. The van der Waals surface area contributed by atoms with Crippen molar-refractivity contribution in [3.05, 3.63) is 24.3 Å². The van der Waals surface area contributed by atoms with Crippen LogP contribution in [0.2, 0.25) is 0 Å². The molecule has 2 aromatic rings. The smallest absolute Gasteiger partial charge is 0.151 e. The van der Waals surface area contributed by atoms with Crippen LogP contribution in [0.3, 0.4) is 0 Å². The van der Waals surface area contributed by atoms with Gasteiger partial charge in [-0.1, -0.05) is 29.1 Å². The predicted octanol–water partition coefficient (Wildman–Crippen LogP) is 4.02. The Bertz CT molecular complexity index is 619. The van der Waals surface area contributed by atoms with Crippen molar-refractivity contribution in [2.24, 2.45) is 17.0 Å². The number of thiazole rings is 1. The molecule has 0 radical (unpaired) electrons. The van der Waals surface area contributed by atoms with Gasteiger partial charge < -0.3 is 5.21 Å². The molecule has 3 nitrogen and oxygen atoms in total. The van der Waals surface area contributed by atoms with Crippen molar-refractivity contribution in [3.63, 3.8) is 0 Å². The molecule has 2 aliphatic carbocycles. The molecule has 0 aliphatic heterocycles. The van der Waals surface area contributed by atoms with Crippen molar-refractivity contribution in [2.45, 2.75) is 28.9 Å². The molecule has 5 heteroatoms. The summed E-state index contributed by atoms with van der Waals surface area (Å²) in [5.74, 6) is 1.19. The number of benzene rings is 1. The van der Waals surface area contributed by atoms with Gasteiger partial charge in [-0.05, 0) is 37.3 Å². The van der Waals surface area contributed by atoms with Gasteiger partial charge in [-0.3, -0.25) is 0 Å². The molecular formula is C14H14N2OS2. The van der Waals surface area contributed by atoms with Gasteiger partial charge in [0.25, 0.3) is 0 Å². The van der Waals surface area contributed by atoms with E-state index in [1.165, 1.54) is 24.0 Å². The van der Waals surface area contributed by atoms with Crippen LogP contribution < -0.4 is 0 Å². The lowest BCUT2D eigenvalue weighted by Gasteiger charge is -2.20. The topological polar surface area (TPSA) is 45.5 Å². The Morgan fingerprint density at radius 2 is 2.21 bits per heavy atom. The first-order valence-corrected chi connectivity index (χ1v) is 8.29. The first kappa shape index (κ1) is 11.7. The number of nitrogens with zero attached hydrogens (tertiary/aromatic N) is 2. The summed E-state index contributed by atoms with van der Waals surface area (Å²) in [6.07, 6.45) is 3.66. The largest absolute Gasteiger partial charge is 0.411 e. The number of hydrogen-bond acceptors (Lipinski definition) is 5. The lowest BCUT2D eigenvalue weighted by Crippen LogP contribution is -2.24. The molecule has 3 atom stereocenters. The summed E-state index contributed by atoms with van der Waals surface area (Å²) in [6, 6.07) is 8.23. The van der Waals surface area contributed by atoms with Gasteiger partial charge in [-0.15, -0.1) is 11.3 Å². The highest BCUT2D eigenvalue weighted by Crippen LogP contribution is 2.50. The van der Waals surface area contributed by atoms with Gasteiger partial charge in [0.15, 0.2) is 4.34 Å². The van der Waals surface area contributed by atoms with Crippen LogP contribution in [-0.2, 0) is 0 Å². The minimum Gasteiger partial charge on any atom is -0.411 e. The van der Waals surface area contributed by atoms with Crippen molar-refractivity contribution < 1.29 is 5.21 Å². The summed E-state index contributed by atoms with van der Waals surface area (Å²) in [7, 11) is 0. The highest BCUT2D eigenvalue weighted by Gasteiger charge is 2.46. The lowest BCUT2D eigenvalue weighted by molar-refractivity contribution is 0.314. The fourth-order valence-electron chi connectivity index (χ4n) is 3.34. The third-order valence-corrected chi connectivity index (χ3v) is 6.77. The van der Waals surface area contributed by atoms with E-state index in [-0.39, 0.29) is 0 Å².